The van der Waals surface area contributed by atoms with Crippen LogP contribution in [0.15, 0.2) is 40.5 Å². The summed E-state index contributed by atoms with van der Waals surface area (Å²) in [6.45, 7) is 3.91. The van der Waals surface area contributed by atoms with Gasteiger partial charge in [-0.2, -0.15) is 5.10 Å². The lowest BCUT2D eigenvalue weighted by Gasteiger charge is -2.16. The van der Waals surface area contributed by atoms with Crippen LogP contribution >= 0.6 is 0 Å². The molecule has 0 aliphatic carbocycles. The number of hydrazone groups is 1. The summed E-state index contributed by atoms with van der Waals surface area (Å²) in [6.07, 6.45) is 1.62. The minimum absolute atomic E-state index is 0.0665. The van der Waals surface area contributed by atoms with E-state index in [1.54, 1.807) is 29.1 Å². The number of nitrogens with zero attached hydrogens (tertiary/aromatic N) is 3. The van der Waals surface area contributed by atoms with E-state index >= 15 is 0 Å². The number of rotatable bonds is 5. The molecule has 0 aliphatic rings. The Kier molecular flexibility index (Phi) is 4.68. The second-order valence-electron chi connectivity index (χ2n) is 5.10. The van der Waals surface area contributed by atoms with Gasteiger partial charge in [0.05, 0.1) is 10.6 Å². The van der Waals surface area contributed by atoms with Crippen molar-refractivity contribution < 1.29 is 8.42 Å². The molecule has 1 aromatic carbocycles. The van der Waals surface area contributed by atoms with E-state index < -0.39 is 10.0 Å². The summed E-state index contributed by atoms with van der Waals surface area (Å²) < 4.78 is 25.5. The average Bonchev–Trinajstić information content (AvgIpc) is 2.95. The van der Waals surface area contributed by atoms with Gasteiger partial charge in [-0.3, -0.25) is 4.68 Å². The molecule has 0 saturated heterocycles. The number of aromatic nitrogens is 2. The average molecular weight is 337 g/mol. The van der Waals surface area contributed by atoms with Gasteiger partial charge in [0.2, 0.25) is 10.0 Å². The number of hydrazine groups is 1. The summed E-state index contributed by atoms with van der Waals surface area (Å²) >= 11 is 0. The van der Waals surface area contributed by atoms with Crippen LogP contribution in [0.25, 0.3) is 11.3 Å². The van der Waals surface area contributed by atoms with Gasteiger partial charge in [-0.1, -0.05) is 12.1 Å². The molecular weight excluding hydrogens is 318 g/mol. The van der Waals surface area contributed by atoms with Crippen LogP contribution in [-0.4, -0.2) is 24.0 Å². The number of nitrogens with two attached hydrogens (primary N) is 3. The first kappa shape index (κ1) is 16.9. The fourth-order valence-corrected chi connectivity index (χ4v) is 3.08. The van der Waals surface area contributed by atoms with Crippen molar-refractivity contribution in [2.75, 3.05) is 0 Å². The summed E-state index contributed by atoms with van der Waals surface area (Å²) in [6, 6.07) is 6.49. The molecule has 1 aromatic heterocycles. The van der Waals surface area contributed by atoms with Gasteiger partial charge in [0, 0.05) is 23.4 Å². The zero-order valence-corrected chi connectivity index (χ0v) is 13.6. The minimum Gasteiger partial charge on any atom is -0.382 e. The molecule has 0 saturated carbocycles. The molecule has 0 unspecified atom stereocenters. The highest BCUT2D eigenvalue weighted by atomic mass is 32.2. The maximum atomic E-state index is 11.9. The van der Waals surface area contributed by atoms with Gasteiger partial charge < -0.3 is 5.73 Å². The van der Waals surface area contributed by atoms with E-state index in [2.05, 4.69) is 15.7 Å². The normalized spacial score (nSPS) is 12.7. The maximum absolute atomic E-state index is 11.9. The molecule has 0 fully saturated rings. The van der Waals surface area contributed by atoms with Gasteiger partial charge in [0.1, 0.15) is 0 Å². The summed E-state index contributed by atoms with van der Waals surface area (Å²) in [4.78, 5) is -0.136. The van der Waals surface area contributed by atoms with E-state index in [0.29, 0.717) is 11.3 Å². The summed E-state index contributed by atoms with van der Waals surface area (Å²) in [5.41, 5.74) is 9.36. The Morgan fingerprint density at radius 2 is 2.04 bits per heavy atom. The van der Waals surface area contributed by atoms with Crippen molar-refractivity contribution in [2.45, 2.75) is 24.8 Å². The monoisotopic (exact) mass is 337 g/mol. The Morgan fingerprint density at radius 3 is 2.61 bits per heavy atom. The molecule has 0 bridgehead atoms. The highest BCUT2D eigenvalue weighted by molar-refractivity contribution is 7.89. The van der Waals surface area contributed by atoms with Crippen LogP contribution in [0, 0.1) is 0 Å². The topological polar surface area (TPSA) is 154 Å². The smallest absolute Gasteiger partial charge is 0.238 e. The van der Waals surface area contributed by atoms with Gasteiger partial charge in [0.25, 0.3) is 0 Å². The Labute approximate surface area is 134 Å². The molecule has 2 aromatic rings. The molecule has 9 nitrogen and oxygen atoms in total. The Morgan fingerprint density at radius 1 is 1.35 bits per heavy atom. The third-order valence-electron chi connectivity index (χ3n) is 3.21. The minimum atomic E-state index is -4.00. The quantitative estimate of drug-likeness (QED) is 0.258. The van der Waals surface area contributed by atoms with E-state index in [4.69, 9.17) is 16.7 Å². The molecule has 0 radical (unpaired) electrons. The van der Waals surface area contributed by atoms with Crippen molar-refractivity contribution in [2.24, 2.45) is 21.8 Å². The van der Waals surface area contributed by atoms with Crippen LogP contribution in [0.5, 0.6) is 0 Å². The zero-order valence-electron chi connectivity index (χ0n) is 12.8. The molecule has 0 aliphatic heterocycles. The van der Waals surface area contributed by atoms with Crippen LogP contribution in [0.2, 0.25) is 0 Å². The molecule has 0 spiro atoms. The van der Waals surface area contributed by atoms with Gasteiger partial charge in [-0.15, -0.1) is 5.10 Å². The van der Waals surface area contributed by atoms with Crippen molar-refractivity contribution in [3.63, 3.8) is 0 Å². The fraction of sp³-hybridized carbons (Fsp3) is 0.231. The summed E-state index contributed by atoms with van der Waals surface area (Å²) in [5.74, 6) is 5.06. The van der Waals surface area contributed by atoms with Gasteiger partial charge in [-0.05, 0) is 26.0 Å². The third kappa shape index (κ3) is 3.33. The summed E-state index contributed by atoms with van der Waals surface area (Å²) in [7, 11) is -4.00. The number of hydrogen-bond donors (Lipinski definition) is 4. The molecule has 7 N–H and O–H groups in total. The lowest BCUT2D eigenvalue weighted by atomic mass is 10.0. The number of hydrogen-bond acceptors (Lipinski definition) is 6. The van der Waals surface area contributed by atoms with Crippen molar-refractivity contribution in [3.05, 3.63) is 36.0 Å². The number of amidine groups is 1. The Bertz CT molecular complexity index is 840. The van der Waals surface area contributed by atoms with Gasteiger partial charge >= 0.3 is 0 Å². The summed E-state index contributed by atoms with van der Waals surface area (Å²) in [5, 5.41) is 13.2. The largest absolute Gasteiger partial charge is 0.382 e. The maximum Gasteiger partial charge on any atom is 0.238 e. The molecule has 1 heterocycles. The van der Waals surface area contributed by atoms with Crippen LogP contribution in [-0.2, 0) is 10.0 Å². The lowest BCUT2D eigenvalue weighted by Crippen LogP contribution is -2.27. The van der Waals surface area contributed by atoms with E-state index in [1.165, 1.54) is 6.07 Å². The van der Waals surface area contributed by atoms with E-state index in [9.17, 15) is 8.42 Å². The Hall–Kier alpha value is -2.43. The SMILES string of the molecule is CC(C)n1nccc1-c1cccc(S(N)(=O)=O)c1/C(N)=N/NN. The predicted octanol–water partition coefficient (Wildman–Crippen LogP) is -0.138. The van der Waals surface area contributed by atoms with Crippen LogP contribution in [0.3, 0.4) is 0 Å². The molecular formula is C13H19N7O2S. The van der Waals surface area contributed by atoms with E-state index in [-0.39, 0.29) is 22.3 Å². The van der Waals surface area contributed by atoms with Crippen molar-refractivity contribution >= 4 is 15.9 Å². The van der Waals surface area contributed by atoms with E-state index in [1.807, 2.05) is 13.8 Å². The highest BCUT2D eigenvalue weighted by Gasteiger charge is 2.23. The standard InChI is InChI=1S/C13H19N7O2S/c1-8(2)20-10(6-7-17-20)9-4-3-5-11(23(16,21)22)12(9)13(14)18-19-15/h3-8,19H,15H2,1-2H3,(H2,14,18)(H2,16,21,22). The third-order valence-corrected chi connectivity index (χ3v) is 4.16. The molecule has 10 heteroatoms. The van der Waals surface area contributed by atoms with Crippen molar-refractivity contribution in [3.8, 4) is 11.3 Å². The first-order chi connectivity index (χ1) is 10.8. The molecule has 2 rings (SSSR count). The molecule has 23 heavy (non-hydrogen) atoms. The first-order valence-corrected chi connectivity index (χ1v) is 8.30. The van der Waals surface area contributed by atoms with E-state index in [0.717, 1.165) is 0 Å². The Balaban J connectivity index is 2.84. The van der Waals surface area contributed by atoms with Gasteiger partial charge in [-0.25, -0.2) is 24.9 Å². The second-order valence-corrected chi connectivity index (χ2v) is 6.63. The van der Waals surface area contributed by atoms with Crippen LogP contribution < -0.4 is 22.3 Å². The number of nitrogens with one attached hydrogen (secondary N) is 1. The predicted molar refractivity (Wildman–Crippen MR) is 87.5 cm³/mol. The fourth-order valence-electron chi connectivity index (χ4n) is 2.31. The molecule has 124 valence electrons. The van der Waals surface area contributed by atoms with Crippen molar-refractivity contribution in [1.82, 2.24) is 15.3 Å². The zero-order chi connectivity index (χ0) is 17.2. The van der Waals surface area contributed by atoms with Gasteiger partial charge in [0.15, 0.2) is 5.84 Å². The number of sulfonamides is 1. The van der Waals surface area contributed by atoms with Crippen molar-refractivity contribution in [1.29, 1.82) is 0 Å². The number of benzene rings is 1. The highest BCUT2D eigenvalue weighted by Crippen LogP contribution is 2.29. The molecule has 0 amide bonds. The lowest BCUT2D eigenvalue weighted by molar-refractivity contribution is 0.538. The first-order valence-electron chi connectivity index (χ1n) is 6.76. The van der Waals surface area contributed by atoms with Crippen LogP contribution in [0.1, 0.15) is 25.5 Å². The molecule has 0 atom stereocenters. The van der Waals surface area contributed by atoms with Crippen LogP contribution in [0.4, 0.5) is 0 Å². The number of primary sulfonamides is 1. The second kappa shape index (κ2) is 6.36.